The van der Waals surface area contributed by atoms with Crippen molar-refractivity contribution in [2.45, 2.75) is 6.92 Å². The van der Waals surface area contributed by atoms with Crippen LogP contribution in [0.1, 0.15) is 5.56 Å². The molecule has 0 radical (unpaired) electrons. The van der Waals surface area contributed by atoms with Crippen molar-refractivity contribution in [1.82, 2.24) is 4.98 Å². The van der Waals surface area contributed by atoms with Crippen LogP contribution in [0.5, 0.6) is 5.88 Å². The van der Waals surface area contributed by atoms with Crippen molar-refractivity contribution in [2.24, 2.45) is 0 Å². The number of rotatable bonds is 1. The summed E-state index contributed by atoms with van der Waals surface area (Å²) >= 11 is 0. The molecule has 0 atom stereocenters. The van der Waals surface area contributed by atoms with Gasteiger partial charge in [0.2, 0.25) is 5.88 Å². The molecule has 54 valence electrons. The highest BCUT2D eigenvalue weighted by molar-refractivity contribution is 5.21. The highest BCUT2D eigenvalue weighted by Crippen LogP contribution is 2.14. The fourth-order valence-electron chi connectivity index (χ4n) is 0.658. The fraction of sp³-hybridized carbons (Fsp3) is 0.286. The molecule has 10 heavy (non-hydrogen) atoms. The average Bonchev–Trinajstić information content (AvgIpc) is 1.95. The van der Waals surface area contributed by atoms with Gasteiger partial charge in [-0.1, -0.05) is 0 Å². The number of hydrogen-bond acceptors (Lipinski definition) is 2. The van der Waals surface area contributed by atoms with Crippen LogP contribution in [0.15, 0.2) is 12.3 Å². The zero-order valence-electron chi connectivity index (χ0n) is 5.89. The summed E-state index contributed by atoms with van der Waals surface area (Å²) in [5.74, 6) is -0.329. The molecule has 0 aliphatic carbocycles. The number of aryl methyl sites for hydroxylation is 1. The summed E-state index contributed by atoms with van der Waals surface area (Å²) in [6.07, 6.45) is 1.51. The standard InChI is InChI=1S/C7H8FNO/c1-5-3-4-9-7(10-2)6(5)8/h3-4H,1-2H3. The number of hydrogen-bond donors (Lipinski definition) is 0. The third kappa shape index (κ3) is 1.07. The molecule has 2 nitrogen and oxygen atoms in total. The molecule has 3 heteroatoms. The van der Waals surface area contributed by atoms with Gasteiger partial charge in [-0.2, -0.15) is 0 Å². The summed E-state index contributed by atoms with van der Waals surface area (Å²) in [6, 6.07) is 1.60. The van der Waals surface area contributed by atoms with Gasteiger partial charge in [0.1, 0.15) is 0 Å². The van der Waals surface area contributed by atoms with Crippen molar-refractivity contribution in [1.29, 1.82) is 0 Å². The molecule has 1 aromatic heterocycles. The van der Waals surface area contributed by atoms with Crippen molar-refractivity contribution in [3.05, 3.63) is 23.6 Å². The smallest absolute Gasteiger partial charge is 0.250 e. The van der Waals surface area contributed by atoms with Crippen molar-refractivity contribution in [2.75, 3.05) is 7.11 Å². The molecule has 0 spiro atoms. The number of aromatic nitrogens is 1. The molecule has 0 unspecified atom stereocenters. The van der Waals surface area contributed by atoms with Crippen LogP contribution < -0.4 is 4.74 Å². The maximum atomic E-state index is 12.8. The molecule has 0 fully saturated rings. The van der Waals surface area contributed by atoms with E-state index in [2.05, 4.69) is 9.72 Å². The van der Waals surface area contributed by atoms with E-state index in [0.29, 0.717) is 5.56 Å². The predicted molar refractivity (Wildman–Crippen MR) is 35.5 cm³/mol. The molecule has 0 aliphatic rings. The van der Waals surface area contributed by atoms with Crippen LogP contribution in [-0.2, 0) is 0 Å². The lowest BCUT2D eigenvalue weighted by molar-refractivity contribution is 0.367. The summed E-state index contributed by atoms with van der Waals surface area (Å²) in [4.78, 5) is 3.66. The van der Waals surface area contributed by atoms with Crippen LogP contribution >= 0.6 is 0 Å². The van der Waals surface area contributed by atoms with E-state index in [-0.39, 0.29) is 11.7 Å². The molecule has 0 aromatic carbocycles. The Labute approximate surface area is 58.7 Å². The van der Waals surface area contributed by atoms with E-state index in [4.69, 9.17) is 0 Å². The van der Waals surface area contributed by atoms with Crippen LogP contribution in [0.2, 0.25) is 0 Å². The zero-order chi connectivity index (χ0) is 7.56. The van der Waals surface area contributed by atoms with E-state index in [9.17, 15) is 4.39 Å². The van der Waals surface area contributed by atoms with Gasteiger partial charge in [-0.05, 0) is 18.6 Å². The monoisotopic (exact) mass is 141 g/mol. The first-order valence-electron chi connectivity index (χ1n) is 2.91. The summed E-state index contributed by atoms with van der Waals surface area (Å²) in [6.45, 7) is 1.67. The van der Waals surface area contributed by atoms with Crippen molar-refractivity contribution >= 4 is 0 Å². The molecular weight excluding hydrogens is 133 g/mol. The molecule has 0 aliphatic heterocycles. The number of ether oxygens (including phenoxy) is 1. The molecule has 0 saturated carbocycles. The molecular formula is C7H8FNO. The Balaban J connectivity index is 3.14. The lowest BCUT2D eigenvalue weighted by atomic mass is 10.3. The SMILES string of the molecule is COc1nccc(C)c1F. The van der Waals surface area contributed by atoms with Gasteiger partial charge in [0.25, 0.3) is 0 Å². The minimum absolute atomic E-state index is 0.0556. The van der Waals surface area contributed by atoms with Gasteiger partial charge in [-0.15, -0.1) is 0 Å². The topological polar surface area (TPSA) is 22.1 Å². The van der Waals surface area contributed by atoms with E-state index in [0.717, 1.165) is 0 Å². The van der Waals surface area contributed by atoms with Crippen LogP contribution in [0.4, 0.5) is 4.39 Å². The third-order valence-electron chi connectivity index (χ3n) is 1.24. The number of methoxy groups -OCH3 is 1. The molecule has 0 saturated heterocycles. The summed E-state index contributed by atoms with van der Waals surface area (Å²) < 4.78 is 17.5. The zero-order valence-corrected chi connectivity index (χ0v) is 5.89. The van der Waals surface area contributed by atoms with Crippen LogP contribution in [0, 0.1) is 12.7 Å². The number of nitrogens with zero attached hydrogens (tertiary/aromatic N) is 1. The molecule has 0 N–H and O–H groups in total. The molecule has 0 amide bonds. The Hall–Kier alpha value is -1.12. The first-order valence-corrected chi connectivity index (χ1v) is 2.91. The molecule has 0 bridgehead atoms. The van der Waals surface area contributed by atoms with E-state index < -0.39 is 0 Å². The van der Waals surface area contributed by atoms with Gasteiger partial charge >= 0.3 is 0 Å². The van der Waals surface area contributed by atoms with Crippen LogP contribution in [0.3, 0.4) is 0 Å². The number of halogens is 1. The number of pyridine rings is 1. The maximum Gasteiger partial charge on any atom is 0.250 e. The molecule has 1 heterocycles. The largest absolute Gasteiger partial charge is 0.479 e. The van der Waals surface area contributed by atoms with Gasteiger partial charge in [0, 0.05) is 6.20 Å². The first-order chi connectivity index (χ1) is 4.75. The third-order valence-corrected chi connectivity index (χ3v) is 1.24. The quantitative estimate of drug-likeness (QED) is 0.591. The Morgan fingerprint density at radius 1 is 1.60 bits per heavy atom. The van der Waals surface area contributed by atoms with Gasteiger partial charge in [0.15, 0.2) is 5.82 Å². The minimum Gasteiger partial charge on any atom is -0.479 e. The van der Waals surface area contributed by atoms with E-state index in [1.807, 2.05) is 0 Å². The Bertz CT molecular complexity index is 237. The van der Waals surface area contributed by atoms with Crippen LogP contribution in [-0.4, -0.2) is 12.1 Å². The molecule has 1 aromatic rings. The fourth-order valence-corrected chi connectivity index (χ4v) is 0.658. The first kappa shape index (κ1) is 6.99. The lowest BCUT2D eigenvalue weighted by Crippen LogP contribution is -1.93. The molecule has 1 rings (SSSR count). The normalized spacial score (nSPS) is 9.50. The lowest BCUT2D eigenvalue weighted by Gasteiger charge is -2.00. The minimum atomic E-state index is -0.384. The van der Waals surface area contributed by atoms with Crippen molar-refractivity contribution in [3.8, 4) is 5.88 Å². The van der Waals surface area contributed by atoms with Gasteiger partial charge in [-0.25, -0.2) is 9.37 Å². The van der Waals surface area contributed by atoms with Gasteiger partial charge in [-0.3, -0.25) is 0 Å². The van der Waals surface area contributed by atoms with E-state index >= 15 is 0 Å². The second kappa shape index (κ2) is 2.64. The average molecular weight is 141 g/mol. The highest BCUT2D eigenvalue weighted by Gasteiger charge is 2.04. The predicted octanol–water partition coefficient (Wildman–Crippen LogP) is 1.54. The van der Waals surface area contributed by atoms with E-state index in [1.165, 1.54) is 13.3 Å². The summed E-state index contributed by atoms with van der Waals surface area (Å²) in [7, 11) is 1.39. The van der Waals surface area contributed by atoms with Gasteiger partial charge < -0.3 is 4.74 Å². The summed E-state index contributed by atoms with van der Waals surface area (Å²) in [5, 5.41) is 0. The highest BCUT2D eigenvalue weighted by atomic mass is 19.1. The Morgan fingerprint density at radius 2 is 2.30 bits per heavy atom. The second-order valence-corrected chi connectivity index (χ2v) is 1.95. The second-order valence-electron chi connectivity index (χ2n) is 1.95. The van der Waals surface area contributed by atoms with Crippen molar-refractivity contribution in [3.63, 3.8) is 0 Å². The van der Waals surface area contributed by atoms with E-state index in [1.54, 1.807) is 13.0 Å². The van der Waals surface area contributed by atoms with Crippen molar-refractivity contribution < 1.29 is 9.13 Å². The Kier molecular flexibility index (Phi) is 1.85. The maximum absolute atomic E-state index is 12.8. The van der Waals surface area contributed by atoms with Crippen LogP contribution in [0.25, 0.3) is 0 Å². The summed E-state index contributed by atoms with van der Waals surface area (Å²) in [5.41, 5.74) is 0.548. The van der Waals surface area contributed by atoms with Gasteiger partial charge in [0.05, 0.1) is 7.11 Å². The Morgan fingerprint density at radius 3 is 2.80 bits per heavy atom.